The third-order valence-corrected chi connectivity index (χ3v) is 3.03. The molecule has 0 heterocycles. The molecule has 96 valence electrons. The van der Waals surface area contributed by atoms with Gasteiger partial charge in [0.25, 0.3) is 0 Å². The van der Waals surface area contributed by atoms with E-state index in [1.807, 2.05) is 0 Å². The van der Waals surface area contributed by atoms with Crippen LogP contribution < -0.4 is 5.73 Å². The summed E-state index contributed by atoms with van der Waals surface area (Å²) in [5, 5.41) is 0. The van der Waals surface area contributed by atoms with Crippen molar-refractivity contribution in [1.82, 2.24) is 4.90 Å². The number of nitrogens with two attached hydrogens (primary N) is 1. The molecular weight excluding hydrogens is 240 g/mol. The predicted octanol–water partition coefficient (Wildman–Crippen LogP) is 0.463. The largest absolute Gasteiger partial charge is 0.465 e. The number of thiocarbonyl (C=S) groups is 1. The number of hydrogen-bond acceptors (Lipinski definition) is 4. The number of ether oxygens (including phenoxy) is 1. The Morgan fingerprint density at radius 1 is 1.53 bits per heavy atom. The molecule has 1 aliphatic carbocycles. The van der Waals surface area contributed by atoms with Gasteiger partial charge in [0, 0.05) is 6.04 Å². The van der Waals surface area contributed by atoms with Crippen molar-refractivity contribution >= 4 is 29.1 Å². The minimum atomic E-state index is -0.528. The highest BCUT2D eigenvalue weighted by molar-refractivity contribution is 7.80. The molecule has 1 atom stereocenters. The first kappa shape index (κ1) is 13.9. The average Bonchev–Trinajstić information content (AvgIpc) is 3.08. The molecule has 1 unspecified atom stereocenters. The normalized spacial score (nSPS) is 16.1. The van der Waals surface area contributed by atoms with Crippen molar-refractivity contribution in [3.63, 3.8) is 0 Å². The number of esters is 1. The van der Waals surface area contributed by atoms with Crippen LogP contribution in [0.1, 0.15) is 26.7 Å². The zero-order valence-corrected chi connectivity index (χ0v) is 11.0. The molecule has 0 aromatic rings. The molecule has 1 fully saturated rings. The smallest absolute Gasteiger partial charge is 0.325 e. The first-order valence-corrected chi connectivity index (χ1v) is 6.13. The highest BCUT2D eigenvalue weighted by Crippen LogP contribution is 2.28. The van der Waals surface area contributed by atoms with E-state index in [2.05, 4.69) is 0 Å². The van der Waals surface area contributed by atoms with Gasteiger partial charge in [-0.15, -0.1) is 0 Å². The van der Waals surface area contributed by atoms with Crippen LogP contribution in [0.2, 0.25) is 0 Å². The third kappa shape index (κ3) is 3.96. The molecule has 17 heavy (non-hydrogen) atoms. The zero-order chi connectivity index (χ0) is 13.0. The lowest BCUT2D eigenvalue weighted by Crippen LogP contribution is -2.44. The van der Waals surface area contributed by atoms with Crippen molar-refractivity contribution in [3.05, 3.63) is 0 Å². The molecule has 0 spiro atoms. The summed E-state index contributed by atoms with van der Waals surface area (Å²) in [4.78, 5) is 25.1. The number of nitrogens with zero attached hydrogens (tertiary/aromatic N) is 1. The first-order valence-electron chi connectivity index (χ1n) is 5.72. The lowest BCUT2D eigenvalue weighted by Gasteiger charge is -2.24. The van der Waals surface area contributed by atoms with Crippen molar-refractivity contribution in [2.75, 3.05) is 13.2 Å². The van der Waals surface area contributed by atoms with E-state index in [9.17, 15) is 9.59 Å². The van der Waals surface area contributed by atoms with Crippen molar-refractivity contribution < 1.29 is 14.3 Å². The Labute approximate surface area is 106 Å². The fraction of sp³-hybridized carbons (Fsp3) is 0.727. The summed E-state index contributed by atoms with van der Waals surface area (Å²) in [5.41, 5.74) is 5.45. The maximum absolute atomic E-state index is 12.1. The second-order valence-electron chi connectivity index (χ2n) is 4.13. The van der Waals surface area contributed by atoms with Gasteiger partial charge in [-0.05, 0) is 26.7 Å². The Balaban J connectivity index is 2.62. The monoisotopic (exact) mass is 258 g/mol. The number of hydrogen-bond donors (Lipinski definition) is 1. The molecule has 0 saturated heterocycles. The van der Waals surface area contributed by atoms with Gasteiger partial charge in [-0.3, -0.25) is 9.59 Å². The molecule has 5 nitrogen and oxygen atoms in total. The van der Waals surface area contributed by atoms with Crippen LogP contribution in [0.5, 0.6) is 0 Å². The van der Waals surface area contributed by atoms with E-state index in [-0.39, 0.29) is 29.5 Å². The summed E-state index contributed by atoms with van der Waals surface area (Å²) in [6.07, 6.45) is 1.85. The molecule has 1 amide bonds. The summed E-state index contributed by atoms with van der Waals surface area (Å²) < 4.78 is 4.84. The molecule has 2 N–H and O–H groups in total. The Kier molecular flexibility index (Phi) is 4.86. The van der Waals surface area contributed by atoms with Crippen molar-refractivity contribution in [3.8, 4) is 0 Å². The van der Waals surface area contributed by atoms with E-state index in [0.717, 1.165) is 12.8 Å². The Morgan fingerprint density at radius 3 is 2.53 bits per heavy atom. The van der Waals surface area contributed by atoms with E-state index in [1.165, 1.54) is 4.90 Å². The maximum atomic E-state index is 12.1. The molecule has 6 heteroatoms. The number of carbonyl (C=O) groups excluding carboxylic acids is 2. The molecule has 0 bridgehead atoms. The second kappa shape index (κ2) is 5.95. The van der Waals surface area contributed by atoms with E-state index < -0.39 is 5.92 Å². The number of amides is 1. The van der Waals surface area contributed by atoms with E-state index in [4.69, 9.17) is 22.7 Å². The molecular formula is C11H18N2O3S. The minimum absolute atomic E-state index is 0.00963. The summed E-state index contributed by atoms with van der Waals surface area (Å²) in [6, 6.07) is 0.142. The van der Waals surface area contributed by atoms with Crippen LogP contribution in [0.25, 0.3) is 0 Å². The molecule has 1 aliphatic rings. The van der Waals surface area contributed by atoms with Crippen molar-refractivity contribution in [2.24, 2.45) is 11.7 Å². The van der Waals surface area contributed by atoms with Gasteiger partial charge >= 0.3 is 5.97 Å². The number of rotatable bonds is 6. The van der Waals surface area contributed by atoms with Gasteiger partial charge in [0.2, 0.25) is 5.91 Å². The molecule has 0 aromatic carbocycles. The summed E-state index contributed by atoms with van der Waals surface area (Å²) in [6.45, 7) is 3.70. The van der Waals surface area contributed by atoms with Gasteiger partial charge in [-0.25, -0.2) is 0 Å². The summed E-state index contributed by atoms with van der Waals surface area (Å²) in [7, 11) is 0. The summed E-state index contributed by atoms with van der Waals surface area (Å²) in [5.74, 6) is -1.10. The Bertz CT molecular complexity index is 329. The minimum Gasteiger partial charge on any atom is -0.465 e. The third-order valence-electron chi connectivity index (χ3n) is 2.67. The predicted molar refractivity (Wildman–Crippen MR) is 67.3 cm³/mol. The van der Waals surface area contributed by atoms with Gasteiger partial charge in [-0.2, -0.15) is 0 Å². The highest BCUT2D eigenvalue weighted by Gasteiger charge is 2.36. The highest BCUT2D eigenvalue weighted by atomic mass is 32.1. The SMILES string of the molecule is CCOC(=O)CN(C(=O)C(C)C(N)=S)C1CC1. The van der Waals surface area contributed by atoms with Gasteiger partial charge in [0.15, 0.2) is 0 Å². The fourth-order valence-corrected chi connectivity index (χ4v) is 1.59. The van der Waals surface area contributed by atoms with E-state index in [0.29, 0.717) is 6.61 Å². The first-order chi connectivity index (χ1) is 7.97. The van der Waals surface area contributed by atoms with E-state index >= 15 is 0 Å². The van der Waals surface area contributed by atoms with Crippen molar-refractivity contribution in [1.29, 1.82) is 0 Å². The topological polar surface area (TPSA) is 72.6 Å². The lowest BCUT2D eigenvalue weighted by molar-refractivity contribution is -0.149. The summed E-state index contributed by atoms with van der Waals surface area (Å²) >= 11 is 4.80. The van der Waals surface area contributed by atoms with E-state index in [1.54, 1.807) is 13.8 Å². The van der Waals surface area contributed by atoms with Crippen LogP contribution in [-0.4, -0.2) is 41.0 Å². The van der Waals surface area contributed by atoms with Gasteiger partial charge in [0.1, 0.15) is 6.54 Å². The zero-order valence-electron chi connectivity index (χ0n) is 10.1. The fourth-order valence-electron chi connectivity index (χ4n) is 1.49. The van der Waals surface area contributed by atoms with Crippen LogP contribution in [-0.2, 0) is 14.3 Å². The quantitative estimate of drug-likeness (QED) is 0.553. The van der Waals surface area contributed by atoms with Crippen LogP contribution >= 0.6 is 12.2 Å². The van der Waals surface area contributed by atoms with Gasteiger partial charge < -0.3 is 15.4 Å². The molecule has 1 rings (SSSR count). The van der Waals surface area contributed by atoms with Gasteiger partial charge in [0.05, 0.1) is 17.5 Å². The standard InChI is InChI=1S/C11H18N2O3S/c1-3-16-9(14)6-13(8-4-5-8)11(15)7(2)10(12)17/h7-8H,3-6H2,1-2H3,(H2,12,17). The molecule has 0 radical (unpaired) electrons. The maximum Gasteiger partial charge on any atom is 0.325 e. The number of carbonyl (C=O) groups is 2. The lowest BCUT2D eigenvalue weighted by atomic mass is 10.1. The second-order valence-corrected chi connectivity index (χ2v) is 4.60. The Morgan fingerprint density at radius 2 is 2.12 bits per heavy atom. The van der Waals surface area contributed by atoms with Crippen molar-refractivity contribution in [2.45, 2.75) is 32.7 Å². The van der Waals surface area contributed by atoms with Crippen LogP contribution in [0.3, 0.4) is 0 Å². The molecule has 1 saturated carbocycles. The van der Waals surface area contributed by atoms with Gasteiger partial charge in [-0.1, -0.05) is 12.2 Å². The average molecular weight is 258 g/mol. The molecule has 0 aromatic heterocycles. The Hall–Kier alpha value is -1.17. The molecule has 0 aliphatic heterocycles. The van der Waals surface area contributed by atoms with Crippen LogP contribution in [0.15, 0.2) is 0 Å². The van der Waals surface area contributed by atoms with Crippen LogP contribution in [0, 0.1) is 5.92 Å². The van der Waals surface area contributed by atoms with Crippen LogP contribution in [0.4, 0.5) is 0 Å².